The Bertz CT molecular complexity index is 764. The predicted octanol–water partition coefficient (Wildman–Crippen LogP) is 3.67. The third-order valence-corrected chi connectivity index (χ3v) is 3.99. The molecule has 6 nitrogen and oxygen atoms in total. The van der Waals surface area contributed by atoms with E-state index in [0.717, 1.165) is 17.2 Å². The molecule has 24 heavy (non-hydrogen) atoms. The summed E-state index contributed by atoms with van der Waals surface area (Å²) in [5.74, 6) is -0.426. The molecule has 2 aromatic carbocycles. The van der Waals surface area contributed by atoms with Gasteiger partial charge in [-0.05, 0) is 30.2 Å². The number of rotatable bonds is 6. The van der Waals surface area contributed by atoms with E-state index in [-0.39, 0.29) is 28.9 Å². The second-order valence-corrected chi connectivity index (χ2v) is 5.62. The number of nitrogens with one attached hydrogen (secondary N) is 1. The van der Waals surface area contributed by atoms with Crippen LogP contribution in [-0.2, 0) is 4.74 Å². The lowest BCUT2D eigenvalue weighted by atomic mass is 10.0. The van der Waals surface area contributed by atoms with Crippen LogP contribution >= 0.6 is 11.6 Å². The Balaban J connectivity index is 2.11. The van der Waals surface area contributed by atoms with Crippen molar-refractivity contribution in [3.63, 3.8) is 0 Å². The number of amides is 1. The number of carbonyl (C=O) groups is 1. The second kappa shape index (κ2) is 7.90. The van der Waals surface area contributed by atoms with Gasteiger partial charge in [0.25, 0.3) is 11.6 Å². The summed E-state index contributed by atoms with van der Waals surface area (Å²) in [6.07, 6.45) is -0.308. The number of nitro benzene ring substituents is 1. The molecule has 0 fully saturated rings. The van der Waals surface area contributed by atoms with E-state index >= 15 is 0 Å². The molecule has 1 atom stereocenters. The minimum atomic E-state index is -0.621. The normalized spacial score (nSPS) is 11.8. The van der Waals surface area contributed by atoms with Crippen molar-refractivity contribution in [2.45, 2.75) is 13.0 Å². The minimum absolute atomic E-state index is 0.00812. The fraction of sp³-hybridized carbons (Fsp3) is 0.235. The molecule has 1 N–H and O–H groups in total. The van der Waals surface area contributed by atoms with Gasteiger partial charge in [-0.15, -0.1) is 0 Å². The monoisotopic (exact) mass is 348 g/mol. The highest BCUT2D eigenvalue weighted by atomic mass is 35.5. The minimum Gasteiger partial charge on any atom is -0.375 e. The van der Waals surface area contributed by atoms with Gasteiger partial charge in [-0.1, -0.05) is 35.9 Å². The van der Waals surface area contributed by atoms with Gasteiger partial charge in [-0.2, -0.15) is 0 Å². The van der Waals surface area contributed by atoms with Gasteiger partial charge >= 0.3 is 0 Å². The highest BCUT2D eigenvalue weighted by Gasteiger charge is 2.18. The number of benzene rings is 2. The maximum atomic E-state index is 12.2. The summed E-state index contributed by atoms with van der Waals surface area (Å²) in [5.41, 5.74) is 1.90. The number of halogens is 1. The molecule has 0 aromatic heterocycles. The summed E-state index contributed by atoms with van der Waals surface area (Å²) in [6.45, 7) is 2.21. The zero-order chi connectivity index (χ0) is 17.7. The van der Waals surface area contributed by atoms with Crippen LogP contribution in [0.5, 0.6) is 0 Å². The molecule has 0 heterocycles. The zero-order valence-corrected chi connectivity index (χ0v) is 14.0. The Kier molecular flexibility index (Phi) is 5.89. The Morgan fingerprint density at radius 2 is 2.04 bits per heavy atom. The van der Waals surface area contributed by atoms with E-state index in [2.05, 4.69) is 5.32 Å². The van der Waals surface area contributed by atoms with Gasteiger partial charge in [0.1, 0.15) is 5.02 Å². The molecule has 0 aliphatic rings. The third kappa shape index (κ3) is 4.10. The van der Waals surface area contributed by atoms with Gasteiger partial charge in [0.2, 0.25) is 0 Å². The first-order chi connectivity index (χ1) is 11.4. The standard InChI is InChI=1S/C17H17ClN2O4/c1-11-5-3-4-6-13(11)16(24-2)10-19-17(21)12-7-8-14(18)15(9-12)20(22)23/h3-9,16H,10H2,1-2H3,(H,19,21). The summed E-state index contributed by atoms with van der Waals surface area (Å²) in [6, 6.07) is 11.7. The first-order valence-corrected chi connectivity index (χ1v) is 7.62. The molecule has 1 amide bonds. The number of nitrogens with zero attached hydrogens (tertiary/aromatic N) is 1. The topological polar surface area (TPSA) is 81.5 Å². The lowest BCUT2D eigenvalue weighted by Gasteiger charge is -2.18. The van der Waals surface area contributed by atoms with Gasteiger partial charge in [-0.25, -0.2) is 0 Å². The molecule has 0 aliphatic carbocycles. The molecule has 0 saturated heterocycles. The van der Waals surface area contributed by atoms with Gasteiger partial charge in [0.05, 0.1) is 11.0 Å². The first-order valence-electron chi connectivity index (χ1n) is 7.24. The van der Waals surface area contributed by atoms with Crippen LogP contribution in [0.1, 0.15) is 27.6 Å². The van der Waals surface area contributed by atoms with Crippen molar-refractivity contribution in [3.05, 3.63) is 74.3 Å². The van der Waals surface area contributed by atoms with Crippen molar-refractivity contribution in [1.29, 1.82) is 0 Å². The Labute approximate surface area is 144 Å². The van der Waals surface area contributed by atoms with Crippen LogP contribution in [0.2, 0.25) is 5.02 Å². The maximum Gasteiger partial charge on any atom is 0.288 e. The van der Waals surface area contributed by atoms with Crippen molar-refractivity contribution >= 4 is 23.2 Å². The highest BCUT2D eigenvalue weighted by molar-refractivity contribution is 6.32. The number of hydrogen-bond donors (Lipinski definition) is 1. The molecule has 0 saturated carbocycles. The van der Waals surface area contributed by atoms with Crippen LogP contribution in [0.3, 0.4) is 0 Å². The fourth-order valence-corrected chi connectivity index (χ4v) is 2.54. The summed E-state index contributed by atoms with van der Waals surface area (Å²) < 4.78 is 5.44. The Morgan fingerprint density at radius 1 is 1.33 bits per heavy atom. The Morgan fingerprint density at radius 3 is 2.67 bits per heavy atom. The van der Waals surface area contributed by atoms with Gasteiger partial charge in [-0.3, -0.25) is 14.9 Å². The molecule has 0 radical (unpaired) electrons. The van der Waals surface area contributed by atoms with Crippen molar-refractivity contribution in [2.24, 2.45) is 0 Å². The highest BCUT2D eigenvalue weighted by Crippen LogP contribution is 2.25. The van der Waals surface area contributed by atoms with Crippen molar-refractivity contribution < 1.29 is 14.5 Å². The van der Waals surface area contributed by atoms with Crippen LogP contribution in [0.25, 0.3) is 0 Å². The molecular weight excluding hydrogens is 332 g/mol. The van der Waals surface area contributed by atoms with E-state index < -0.39 is 10.8 Å². The average molecular weight is 349 g/mol. The second-order valence-electron chi connectivity index (χ2n) is 5.21. The van der Waals surface area contributed by atoms with Gasteiger partial charge in [0.15, 0.2) is 0 Å². The number of methoxy groups -OCH3 is 1. The summed E-state index contributed by atoms with van der Waals surface area (Å²) >= 11 is 5.75. The van der Waals surface area contributed by atoms with E-state index in [0.29, 0.717) is 0 Å². The van der Waals surface area contributed by atoms with E-state index in [1.807, 2.05) is 31.2 Å². The summed E-state index contributed by atoms with van der Waals surface area (Å²) in [7, 11) is 1.57. The van der Waals surface area contributed by atoms with Gasteiger partial charge < -0.3 is 10.1 Å². The van der Waals surface area contributed by atoms with Crippen LogP contribution in [-0.4, -0.2) is 24.5 Å². The largest absolute Gasteiger partial charge is 0.375 e. The molecule has 0 spiro atoms. The smallest absolute Gasteiger partial charge is 0.288 e. The molecule has 1 unspecified atom stereocenters. The van der Waals surface area contributed by atoms with Gasteiger partial charge in [0, 0.05) is 25.3 Å². The van der Waals surface area contributed by atoms with E-state index in [9.17, 15) is 14.9 Å². The first kappa shape index (κ1) is 17.9. The number of nitro groups is 1. The lowest BCUT2D eigenvalue weighted by molar-refractivity contribution is -0.384. The molecule has 7 heteroatoms. The Hall–Kier alpha value is -2.44. The molecule has 2 aromatic rings. The van der Waals surface area contributed by atoms with Crippen molar-refractivity contribution in [3.8, 4) is 0 Å². The average Bonchev–Trinajstić information content (AvgIpc) is 2.56. The molecular formula is C17H17ClN2O4. The molecule has 2 rings (SSSR count). The van der Waals surface area contributed by atoms with Crippen molar-refractivity contribution in [2.75, 3.05) is 13.7 Å². The van der Waals surface area contributed by atoms with Crippen molar-refractivity contribution in [1.82, 2.24) is 5.32 Å². The van der Waals surface area contributed by atoms with E-state index in [1.54, 1.807) is 7.11 Å². The number of aryl methyl sites for hydroxylation is 1. The SMILES string of the molecule is COC(CNC(=O)c1ccc(Cl)c([N+](=O)[O-])c1)c1ccccc1C. The predicted molar refractivity (Wildman–Crippen MR) is 91.4 cm³/mol. The molecule has 0 aliphatic heterocycles. The van der Waals surface area contributed by atoms with E-state index in [1.165, 1.54) is 12.1 Å². The van der Waals surface area contributed by atoms with E-state index in [4.69, 9.17) is 16.3 Å². The summed E-state index contributed by atoms with van der Waals surface area (Å²) in [4.78, 5) is 22.5. The zero-order valence-electron chi connectivity index (χ0n) is 13.3. The van der Waals surface area contributed by atoms with Crippen LogP contribution in [0.4, 0.5) is 5.69 Å². The number of ether oxygens (including phenoxy) is 1. The maximum absolute atomic E-state index is 12.2. The molecule has 0 bridgehead atoms. The number of carbonyl (C=O) groups excluding carboxylic acids is 1. The quantitative estimate of drug-likeness (QED) is 0.637. The van der Waals surface area contributed by atoms with Crippen LogP contribution in [0, 0.1) is 17.0 Å². The van der Waals surface area contributed by atoms with Crippen LogP contribution in [0.15, 0.2) is 42.5 Å². The number of hydrogen-bond acceptors (Lipinski definition) is 4. The van der Waals surface area contributed by atoms with Crippen LogP contribution < -0.4 is 5.32 Å². The third-order valence-electron chi connectivity index (χ3n) is 3.67. The molecule has 126 valence electrons. The summed E-state index contributed by atoms with van der Waals surface area (Å²) in [5, 5.41) is 13.6. The lowest BCUT2D eigenvalue weighted by Crippen LogP contribution is -2.29. The fourth-order valence-electron chi connectivity index (χ4n) is 2.35.